The van der Waals surface area contributed by atoms with Crippen LogP contribution in [0.1, 0.15) is 33.1 Å². The van der Waals surface area contributed by atoms with Crippen molar-refractivity contribution in [2.45, 2.75) is 38.0 Å². The number of thioether (sulfide) groups is 1. The van der Waals surface area contributed by atoms with E-state index >= 15 is 0 Å². The van der Waals surface area contributed by atoms with Crippen LogP contribution < -0.4 is 0 Å². The Bertz CT molecular complexity index is 446. The van der Waals surface area contributed by atoms with Crippen LogP contribution in [-0.4, -0.2) is 11.5 Å². The number of carbonyl (C=O) groups excluding carboxylic acids is 1. The fourth-order valence-corrected chi connectivity index (χ4v) is 3.85. The van der Waals surface area contributed by atoms with E-state index in [0.29, 0.717) is 17.5 Å². The van der Waals surface area contributed by atoms with E-state index in [0.717, 1.165) is 28.7 Å². The molecule has 1 fully saturated rings. The van der Waals surface area contributed by atoms with Crippen molar-refractivity contribution in [2.24, 2.45) is 17.8 Å². The number of hydrogen-bond donors (Lipinski definition) is 0. The van der Waals surface area contributed by atoms with E-state index < -0.39 is 0 Å². The Morgan fingerprint density at radius 1 is 1.32 bits per heavy atom. The van der Waals surface area contributed by atoms with Gasteiger partial charge in [0, 0.05) is 15.8 Å². The molecule has 0 aliphatic heterocycles. The average molecular weight is 297 g/mol. The minimum atomic E-state index is 0.276. The Labute approximate surface area is 125 Å². The van der Waals surface area contributed by atoms with Gasteiger partial charge in [0.2, 0.25) is 0 Å². The van der Waals surface area contributed by atoms with Crippen molar-refractivity contribution in [2.75, 3.05) is 5.75 Å². The molecule has 3 atom stereocenters. The van der Waals surface area contributed by atoms with Gasteiger partial charge >= 0.3 is 0 Å². The molecule has 1 saturated carbocycles. The van der Waals surface area contributed by atoms with Gasteiger partial charge in [-0.1, -0.05) is 31.5 Å². The van der Waals surface area contributed by atoms with Gasteiger partial charge in [0.15, 0.2) is 0 Å². The first-order chi connectivity index (χ1) is 9.06. The molecule has 1 aromatic carbocycles. The first-order valence-corrected chi connectivity index (χ1v) is 8.33. The maximum atomic E-state index is 12.3. The van der Waals surface area contributed by atoms with Crippen LogP contribution in [0.5, 0.6) is 0 Å². The first-order valence-electron chi connectivity index (χ1n) is 6.97. The summed E-state index contributed by atoms with van der Waals surface area (Å²) < 4.78 is 0. The summed E-state index contributed by atoms with van der Waals surface area (Å²) in [6, 6.07) is 7.72. The van der Waals surface area contributed by atoms with Crippen LogP contribution in [0.25, 0.3) is 0 Å². The van der Waals surface area contributed by atoms with Gasteiger partial charge in [-0.2, -0.15) is 0 Å². The molecular weight excluding hydrogens is 276 g/mol. The number of benzene rings is 1. The standard InChI is InChI=1S/C16H21ClOS/c1-11-6-7-13(8-12(11)2)16(18)10-19-15-5-3-4-14(17)9-15/h3-5,9,11-13H,6-8,10H2,1-2H3. The molecule has 0 bridgehead atoms. The van der Waals surface area contributed by atoms with Gasteiger partial charge in [0.05, 0.1) is 5.75 Å². The Kier molecular flexibility index (Phi) is 5.35. The Balaban J connectivity index is 1.84. The zero-order valence-corrected chi connectivity index (χ0v) is 13.1. The molecule has 19 heavy (non-hydrogen) atoms. The van der Waals surface area contributed by atoms with E-state index in [4.69, 9.17) is 11.6 Å². The second kappa shape index (κ2) is 6.81. The SMILES string of the molecule is CC1CCC(C(=O)CSc2cccc(Cl)c2)CC1C. The topological polar surface area (TPSA) is 17.1 Å². The minimum Gasteiger partial charge on any atom is -0.298 e. The van der Waals surface area contributed by atoms with Crippen LogP contribution in [0, 0.1) is 17.8 Å². The second-order valence-electron chi connectivity index (χ2n) is 5.68. The summed E-state index contributed by atoms with van der Waals surface area (Å²) in [7, 11) is 0. The van der Waals surface area contributed by atoms with Crippen LogP contribution >= 0.6 is 23.4 Å². The number of ketones is 1. The number of hydrogen-bond acceptors (Lipinski definition) is 2. The summed E-state index contributed by atoms with van der Waals surface area (Å²) in [5, 5.41) is 0.734. The molecule has 3 unspecified atom stereocenters. The molecule has 2 rings (SSSR count). The van der Waals surface area contributed by atoms with Gasteiger partial charge < -0.3 is 0 Å². The third-order valence-corrected chi connectivity index (χ3v) is 5.48. The van der Waals surface area contributed by atoms with E-state index in [1.54, 1.807) is 11.8 Å². The lowest BCUT2D eigenvalue weighted by Gasteiger charge is -2.31. The van der Waals surface area contributed by atoms with E-state index in [9.17, 15) is 4.79 Å². The van der Waals surface area contributed by atoms with E-state index in [1.807, 2.05) is 24.3 Å². The van der Waals surface area contributed by atoms with Crippen LogP contribution in [0.15, 0.2) is 29.2 Å². The minimum absolute atomic E-state index is 0.276. The molecule has 1 aliphatic carbocycles. The fourth-order valence-electron chi connectivity index (χ4n) is 2.67. The highest BCUT2D eigenvalue weighted by Crippen LogP contribution is 2.34. The van der Waals surface area contributed by atoms with Crippen molar-refractivity contribution in [1.29, 1.82) is 0 Å². The zero-order valence-electron chi connectivity index (χ0n) is 11.6. The van der Waals surface area contributed by atoms with Crippen LogP contribution in [0.4, 0.5) is 0 Å². The molecule has 1 aromatic rings. The highest BCUT2D eigenvalue weighted by atomic mass is 35.5. The van der Waals surface area contributed by atoms with E-state index in [2.05, 4.69) is 13.8 Å². The van der Waals surface area contributed by atoms with Gasteiger partial charge in [0.1, 0.15) is 5.78 Å². The van der Waals surface area contributed by atoms with Crippen molar-refractivity contribution >= 4 is 29.1 Å². The van der Waals surface area contributed by atoms with E-state index in [1.165, 1.54) is 6.42 Å². The van der Waals surface area contributed by atoms with Gasteiger partial charge in [-0.25, -0.2) is 0 Å². The van der Waals surface area contributed by atoms with Crippen LogP contribution in [0.2, 0.25) is 5.02 Å². The predicted octanol–water partition coefficient (Wildman–Crippen LogP) is 5.07. The molecule has 0 aromatic heterocycles. The first kappa shape index (κ1) is 14.9. The van der Waals surface area contributed by atoms with Gasteiger partial charge in [-0.3, -0.25) is 4.79 Å². The molecular formula is C16H21ClOS. The Morgan fingerprint density at radius 3 is 2.79 bits per heavy atom. The monoisotopic (exact) mass is 296 g/mol. The highest BCUT2D eigenvalue weighted by molar-refractivity contribution is 8.00. The average Bonchev–Trinajstić information content (AvgIpc) is 2.39. The fraction of sp³-hybridized carbons (Fsp3) is 0.562. The summed E-state index contributed by atoms with van der Waals surface area (Å²) in [5.74, 6) is 2.71. The van der Waals surface area contributed by atoms with Crippen LogP contribution in [-0.2, 0) is 4.79 Å². The normalized spacial score (nSPS) is 27.2. The summed E-state index contributed by atoms with van der Waals surface area (Å²) in [5.41, 5.74) is 0. The molecule has 0 radical (unpaired) electrons. The van der Waals surface area contributed by atoms with Crippen molar-refractivity contribution < 1.29 is 4.79 Å². The van der Waals surface area contributed by atoms with Gasteiger partial charge in [-0.15, -0.1) is 11.8 Å². The second-order valence-corrected chi connectivity index (χ2v) is 7.16. The van der Waals surface area contributed by atoms with E-state index in [-0.39, 0.29) is 5.92 Å². The Hall–Kier alpha value is -0.470. The molecule has 0 amide bonds. The molecule has 0 heterocycles. The molecule has 104 valence electrons. The highest BCUT2D eigenvalue weighted by Gasteiger charge is 2.28. The zero-order chi connectivity index (χ0) is 13.8. The molecule has 3 heteroatoms. The molecule has 1 nitrogen and oxygen atoms in total. The summed E-state index contributed by atoms with van der Waals surface area (Å²) in [4.78, 5) is 13.3. The number of halogens is 1. The van der Waals surface area contributed by atoms with Crippen molar-refractivity contribution in [3.05, 3.63) is 29.3 Å². The van der Waals surface area contributed by atoms with Crippen molar-refractivity contribution in [3.63, 3.8) is 0 Å². The number of Topliss-reactive ketones (excluding diaryl/α,β-unsaturated/α-hetero) is 1. The third-order valence-electron chi connectivity index (χ3n) is 4.23. The molecule has 0 N–H and O–H groups in total. The lowest BCUT2D eigenvalue weighted by atomic mass is 9.74. The predicted molar refractivity (Wildman–Crippen MR) is 82.9 cm³/mol. The molecule has 0 spiro atoms. The smallest absolute Gasteiger partial charge is 0.146 e. The lowest BCUT2D eigenvalue weighted by Crippen LogP contribution is -2.27. The van der Waals surface area contributed by atoms with Crippen molar-refractivity contribution in [1.82, 2.24) is 0 Å². The Morgan fingerprint density at radius 2 is 2.11 bits per heavy atom. The maximum Gasteiger partial charge on any atom is 0.146 e. The summed E-state index contributed by atoms with van der Waals surface area (Å²) >= 11 is 7.55. The molecule has 1 aliphatic rings. The van der Waals surface area contributed by atoms with Crippen LogP contribution in [0.3, 0.4) is 0 Å². The lowest BCUT2D eigenvalue weighted by molar-refractivity contribution is -0.122. The summed E-state index contributed by atoms with van der Waals surface area (Å²) in [6.45, 7) is 4.57. The number of carbonyl (C=O) groups is 1. The maximum absolute atomic E-state index is 12.3. The quantitative estimate of drug-likeness (QED) is 0.721. The van der Waals surface area contributed by atoms with Crippen molar-refractivity contribution in [3.8, 4) is 0 Å². The third kappa shape index (κ3) is 4.25. The number of rotatable bonds is 4. The largest absolute Gasteiger partial charge is 0.298 e. The summed E-state index contributed by atoms with van der Waals surface area (Å²) in [6.07, 6.45) is 3.33. The molecule has 0 saturated heterocycles. The van der Waals surface area contributed by atoms with Gasteiger partial charge in [-0.05, 0) is 49.3 Å². The van der Waals surface area contributed by atoms with Gasteiger partial charge in [0.25, 0.3) is 0 Å².